The standard InChI is InChI=1S/C18H18N4O4S2/c1-3-26-15-11-7-6-10-14(15)22-28(24,25)18-21-20-17(27-18)19-16(23)13-9-5-4-8-12(13)2/h4-11,22H,3H2,1-2H3,(H,19,20,23). The number of para-hydroxylation sites is 2. The van der Waals surface area contributed by atoms with E-state index < -0.39 is 10.0 Å². The van der Waals surface area contributed by atoms with E-state index in [2.05, 4.69) is 20.2 Å². The molecule has 1 aromatic heterocycles. The van der Waals surface area contributed by atoms with E-state index in [1.54, 1.807) is 43.3 Å². The van der Waals surface area contributed by atoms with Gasteiger partial charge in [0.1, 0.15) is 5.75 Å². The van der Waals surface area contributed by atoms with E-state index in [0.29, 0.717) is 23.6 Å². The van der Waals surface area contributed by atoms with Gasteiger partial charge in [-0.25, -0.2) is 0 Å². The van der Waals surface area contributed by atoms with E-state index >= 15 is 0 Å². The maximum atomic E-state index is 12.6. The lowest BCUT2D eigenvalue weighted by Crippen LogP contribution is -2.13. The second-order valence-corrected chi connectivity index (χ2v) is 8.51. The first kappa shape index (κ1) is 19.8. The van der Waals surface area contributed by atoms with Crippen LogP contribution in [0, 0.1) is 6.92 Å². The van der Waals surface area contributed by atoms with E-state index in [4.69, 9.17) is 4.74 Å². The minimum atomic E-state index is -3.98. The highest BCUT2D eigenvalue weighted by Crippen LogP contribution is 2.28. The fourth-order valence-corrected chi connectivity index (χ4v) is 4.35. The highest BCUT2D eigenvalue weighted by atomic mass is 32.2. The van der Waals surface area contributed by atoms with Crippen LogP contribution in [0.2, 0.25) is 0 Å². The number of amides is 1. The molecule has 0 spiro atoms. The summed E-state index contributed by atoms with van der Waals surface area (Å²) in [5.41, 5.74) is 1.57. The number of sulfonamides is 1. The molecule has 28 heavy (non-hydrogen) atoms. The molecular formula is C18H18N4O4S2. The zero-order valence-electron chi connectivity index (χ0n) is 15.2. The molecule has 0 saturated carbocycles. The third-order valence-electron chi connectivity index (χ3n) is 3.68. The van der Waals surface area contributed by atoms with Gasteiger partial charge in [0.15, 0.2) is 0 Å². The lowest BCUT2D eigenvalue weighted by atomic mass is 10.1. The number of nitrogens with one attached hydrogen (secondary N) is 2. The number of ether oxygens (including phenoxy) is 1. The summed E-state index contributed by atoms with van der Waals surface area (Å²) in [6.07, 6.45) is 0. The Morgan fingerprint density at radius 2 is 1.82 bits per heavy atom. The van der Waals surface area contributed by atoms with Gasteiger partial charge in [0.25, 0.3) is 20.3 Å². The third kappa shape index (κ3) is 4.46. The largest absolute Gasteiger partial charge is 0.492 e. The van der Waals surface area contributed by atoms with Crippen molar-refractivity contribution in [2.24, 2.45) is 0 Å². The average Bonchev–Trinajstić information content (AvgIpc) is 3.13. The van der Waals surface area contributed by atoms with E-state index in [9.17, 15) is 13.2 Å². The maximum absolute atomic E-state index is 12.6. The van der Waals surface area contributed by atoms with Crippen LogP contribution in [0.3, 0.4) is 0 Å². The Morgan fingerprint density at radius 1 is 1.11 bits per heavy atom. The molecule has 0 aliphatic carbocycles. The molecule has 0 fully saturated rings. The Hall–Kier alpha value is -2.98. The maximum Gasteiger partial charge on any atom is 0.291 e. The molecule has 0 aliphatic heterocycles. The number of anilines is 2. The molecule has 1 amide bonds. The van der Waals surface area contributed by atoms with Gasteiger partial charge in [-0.1, -0.05) is 41.7 Å². The number of aromatic nitrogens is 2. The average molecular weight is 419 g/mol. The smallest absolute Gasteiger partial charge is 0.291 e. The van der Waals surface area contributed by atoms with Crippen LogP contribution in [0.25, 0.3) is 0 Å². The molecule has 10 heteroatoms. The number of nitrogens with zero attached hydrogens (tertiary/aromatic N) is 2. The summed E-state index contributed by atoms with van der Waals surface area (Å²) in [7, 11) is -3.98. The van der Waals surface area contributed by atoms with Crippen LogP contribution >= 0.6 is 11.3 Å². The highest BCUT2D eigenvalue weighted by molar-refractivity contribution is 7.94. The van der Waals surface area contributed by atoms with Crippen molar-refractivity contribution in [1.29, 1.82) is 0 Å². The van der Waals surface area contributed by atoms with E-state index in [0.717, 1.165) is 16.9 Å². The Bertz CT molecular complexity index is 1100. The normalized spacial score (nSPS) is 11.1. The fourth-order valence-electron chi connectivity index (χ4n) is 2.38. The first-order valence-electron chi connectivity index (χ1n) is 8.36. The van der Waals surface area contributed by atoms with Gasteiger partial charge < -0.3 is 4.74 Å². The molecule has 0 saturated heterocycles. The number of aryl methyl sites for hydroxylation is 1. The van der Waals surface area contributed by atoms with Gasteiger partial charge in [-0.3, -0.25) is 14.8 Å². The van der Waals surface area contributed by atoms with Crippen LogP contribution in [0.15, 0.2) is 52.9 Å². The van der Waals surface area contributed by atoms with E-state index in [1.165, 1.54) is 0 Å². The molecule has 0 bridgehead atoms. The van der Waals surface area contributed by atoms with Crippen LogP contribution < -0.4 is 14.8 Å². The Kier molecular flexibility index (Phi) is 5.90. The molecule has 2 aromatic carbocycles. The number of hydrogen-bond donors (Lipinski definition) is 2. The van der Waals surface area contributed by atoms with Crippen molar-refractivity contribution >= 4 is 38.1 Å². The van der Waals surface area contributed by atoms with Crippen molar-refractivity contribution in [3.8, 4) is 5.75 Å². The van der Waals surface area contributed by atoms with Gasteiger partial charge in [-0.15, -0.1) is 10.2 Å². The lowest BCUT2D eigenvalue weighted by molar-refractivity contribution is 0.102. The van der Waals surface area contributed by atoms with Gasteiger partial charge >= 0.3 is 0 Å². The molecule has 3 aromatic rings. The molecule has 8 nitrogen and oxygen atoms in total. The monoisotopic (exact) mass is 418 g/mol. The van der Waals surface area contributed by atoms with E-state index in [1.807, 2.05) is 19.1 Å². The summed E-state index contributed by atoms with van der Waals surface area (Å²) >= 11 is 0.762. The molecule has 146 valence electrons. The van der Waals surface area contributed by atoms with Gasteiger partial charge in [-0.2, -0.15) is 8.42 Å². The molecular weight excluding hydrogens is 400 g/mol. The molecule has 0 aliphatic rings. The van der Waals surface area contributed by atoms with Crippen molar-refractivity contribution in [2.45, 2.75) is 18.2 Å². The zero-order valence-corrected chi connectivity index (χ0v) is 16.8. The molecule has 0 unspecified atom stereocenters. The lowest BCUT2D eigenvalue weighted by Gasteiger charge is -2.10. The van der Waals surface area contributed by atoms with Crippen molar-refractivity contribution in [2.75, 3.05) is 16.6 Å². The predicted molar refractivity (Wildman–Crippen MR) is 107 cm³/mol. The Morgan fingerprint density at radius 3 is 2.57 bits per heavy atom. The van der Waals surface area contributed by atoms with Crippen molar-refractivity contribution in [1.82, 2.24) is 10.2 Å². The predicted octanol–water partition coefficient (Wildman–Crippen LogP) is 3.30. The van der Waals surface area contributed by atoms with Crippen LogP contribution in [0.1, 0.15) is 22.8 Å². The summed E-state index contributed by atoms with van der Waals surface area (Å²) in [6, 6.07) is 13.7. The molecule has 2 N–H and O–H groups in total. The van der Waals surface area contributed by atoms with Crippen LogP contribution in [0.5, 0.6) is 5.75 Å². The topological polar surface area (TPSA) is 110 Å². The van der Waals surface area contributed by atoms with Gasteiger partial charge in [0.05, 0.1) is 12.3 Å². The summed E-state index contributed by atoms with van der Waals surface area (Å²) in [6.45, 7) is 4.01. The number of carbonyl (C=O) groups excluding carboxylic acids is 1. The minimum Gasteiger partial charge on any atom is -0.492 e. The molecule has 0 radical (unpaired) electrons. The van der Waals surface area contributed by atoms with Crippen LogP contribution in [-0.2, 0) is 10.0 Å². The second kappa shape index (κ2) is 8.36. The van der Waals surface area contributed by atoms with Crippen molar-refractivity contribution in [3.63, 3.8) is 0 Å². The third-order valence-corrected chi connectivity index (χ3v) is 6.25. The fraction of sp³-hybridized carbons (Fsp3) is 0.167. The highest BCUT2D eigenvalue weighted by Gasteiger charge is 2.23. The van der Waals surface area contributed by atoms with Crippen LogP contribution in [0.4, 0.5) is 10.8 Å². The first-order chi connectivity index (χ1) is 13.4. The summed E-state index contributed by atoms with van der Waals surface area (Å²) in [5, 5.41) is 10.1. The number of benzene rings is 2. The van der Waals surface area contributed by atoms with Gasteiger partial charge in [-0.05, 0) is 37.6 Å². The zero-order chi connectivity index (χ0) is 20.1. The SMILES string of the molecule is CCOc1ccccc1NS(=O)(=O)c1nnc(NC(=O)c2ccccc2C)s1. The van der Waals surface area contributed by atoms with Gasteiger partial charge in [0.2, 0.25) is 5.13 Å². The number of hydrogen-bond acceptors (Lipinski definition) is 7. The molecule has 0 atom stereocenters. The molecule has 1 heterocycles. The molecule has 3 rings (SSSR count). The van der Waals surface area contributed by atoms with Crippen LogP contribution in [-0.4, -0.2) is 31.1 Å². The second-order valence-electron chi connectivity index (χ2n) is 5.68. The minimum absolute atomic E-state index is 0.0896. The Balaban J connectivity index is 1.77. The number of carbonyl (C=O) groups is 1. The Labute approximate surface area is 166 Å². The van der Waals surface area contributed by atoms with Crippen molar-refractivity contribution < 1.29 is 17.9 Å². The summed E-state index contributed by atoms with van der Waals surface area (Å²) < 4.78 is 32.8. The quantitative estimate of drug-likeness (QED) is 0.570. The van der Waals surface area contributed by atoms with Gasteiger partial charge in [0, 0.05) is 5.56 Å². The van der Waals surface area contributed by atoms with E-state index in [-0.39, 0.29) is 15.4 Å². The first-order valence-corrected chi connectivity index (χ1v) is 10.7. The summed E-state index contributed by atoms with van der Waals surface area (Å²) in [4.78, 5) is 12.3. The number of rotatable bonds is 7. The van der Waals surface area contributed by atoms with Crippen molar-refractivity contribution in [3.05, 3.63) is 59.7 Å². The summed E-state index contributed by atoms with van der Waals surface area (Å²) in [5.74, 6) is 0.0269.